The number of hydrogen-bond acceptors (Lipinski definition) is 2. The van der Waals surface area contributed by atoms with Crippen molar-refractivity contribution in [1.29, 1.82) is 0 Å². The Morgan fingerprint density at radius 2 is 2.00 bits per heavy atom. The maximum Gasteiger partial charge on any atom is 0.176 e. The monoisotopic (exact) mass is 222 g/mol. The van der Waals surface area contributed by atoms with Crippen LogP contribution in [0.1, 0.15) is 6.92 Å². The third kappa shape index (κ3) is 2.80. The van der Waals surface area contributed by atoms with Crippen molar-refractivity contribution in [1.82, 2.24) is 0 Å². The van der Waals surface area contributed by atoms with Gasteiger partial charge in [-0.15, -0.1) is 0 Å². The van der Waals surface area contributed by atoms with Crippen LogP contribution in [0.4, 0.5) is 0 Å². The Labute approximate surface area is 90.2 Å². The average molecular weight is 222 g/mol. The van der Waals surface area contributed by atoms with E-state index in [2.05, 4.69) is 6.58 Å². The molecule has 0 atom stereocenters. The van der Waals surface area contributed by atoms with Crippen LogP contribution in [0, 0.1) is 0 Å². The van der Waals surface area contributed by atoms with Crippen molar-refractivity contribution in [2.45, 2.75) is 11.8 Å². The minimum Gasteiger partial charge on any atom is -0.224 e. The van der Waals surface area contributed by atoms with Crippen LogP contribution >= 0.6 is 0 Å². The van der Waals surface area contributed by atoms with Crippen molar-refractivity contribution in [2.75, 3.05) is 6.26 Å². The average Bonchev–Trinajstić information content (AvgIpc) is 2.14. The Kier molecular flexibility index (Phi) is 3.48. The molecule has 0 unspecified atom stereocenters. The molecular weight excluding hydrogens is 208 g/mol. The van der Waals surface area contributed by atoms with Crippen LogP contribution in [0.25, 0.3) is 12.7 Å². The summed E-state index contributed by atoms with van der Waals surface area (Å²) in [6.07, 6.45) is 6.62. The number of benzene rings is 1. The predicted octanol–water partition coefficient (Wildman–Crippen LogP) is 0.857. The summed E-state index contributed by atoms with van der Waals surface area (Å²) in [4.78, 5) is 0.327. The van der Waals surface area contributed by atoms with Crippen LogP contribution in [0.15, 0.2) is 35.2 Å². The molecule has 1 aromatic rings. The highest BCUT2D eigenvalue weighted by Crippen LogP contribution is 1.99. The van der Waals surface area contributed by atoms with E-state index in [1.807, 2.05) is 13.0 Å². The van der Waals surface area contributed by atoms with Gasteiger partial charge in [0.1, 0.15) is 0 Å². The van der Waals surface area contributed by atoms with Crippen molar-refractivity contribution >= 4 is 22.5 Å². The van der Waals surface area contributed by atoms with Crippen molar-refractivity contribution in [3.05, 3.63) is 40.8 Å². The summed E-state index contributed by atoms with van der Waals surface area (Å²) in [5.41, 5.74) is 0. The van der Waals surface area contributed by atoms with Crippen molar-refractivity contribution in [3.63, 3.8) is 0 Å². The van der Waals surface area contributed by atoms with Gasteiger partial charge in [-0.2, -0.15) is 0 Å². The highest BCUT2D eigenvalue weighted by atomic mass is 32.2. The quantitative estimate of drug-likeness (QED) is 0.743. The molecule has 0 aromatic heterocycles. The first kappa shape index (κ1) is 11.7. The molecule has 0 spiro atoms. The van der Waals surface area contributed by atoms with E-state index in [1.165, 1.54) is 6.26 Å². The van der Waals surface area contributed by atoms with E-state index in [-0.39, 0.29) is 0 Å². The van der Waals surface area contributed by atoms with E-state index in [1.54, 1.807) is 30.4 Å². The summed E-state index contributed by atoms with van der Waals surface area (Å²) in [5.74, 6) is 0. The van der Waals surface area contributed by atoms with E-state index in [4.69, 9.17) is 0 Å². The van der Waals surface area contributed by atoms with Gasteiger partial charge in [0.2, 0.25) is 0 Å². The maximum atomic E-state index is 11.5. The topological polar surface area (TPSA) is 34.1 Å². The van der Waals surface area contributed by atoms with Gasteiger partial charge < -0.3 is 0 Å². The smallest absolute Gasteiger partial charge is 0.176 e. The van der Waals surface area contributed by atoms with E-state index >= 15 is 0 Å². The normalized spacial score (nSPS) is 13.6. The molecular formula is C12H14O2S. The summed E-state index contributed by atoms with van der Waals surface area (Å²) in [6, 6.07) is 5.09. The minimum atomic E-state index is -3.19. The Hall–Kier alpha value is -1.35. The standard InChI is InChI=1S/C12H14O2S/c1-4-5-8-11-10(2)7-6-9-12(11)15(3,13)14/h4-9H,2H2,1,3H3/b5-4-,11-8+. The first-order chi connectivity index (χ1) is 6.96. The molecule has 0 aliphatic carbocycles. The number of rotatable bonds is 2. The van der Waals surface area contributed by atoms with Gasteiger partial charge in [-0.25, -0.2) is 8.42 Å². The Bertz CT molecular complexity index is 581. The van der Waals surface area contributed by atoms with Crippen molar-refractivity contribution in [2.24, 2.45) is 0 Å². The number of sulfone groups is 1. The fraction of sp³-hybridized carbons (Fsp3) is 0.167. The second kappa shape index (κ2) is 4.45. The van der Waals surface area contributed by atoms with Crippen molar-refractivity contribution in [3.8, 4) is 0 Å². The van der Waals surface area contributed by atoms with Gasteiger partial charge >= 0.3 is 0 Å². The maximum absolute atomic E-state index is 11.5. The Morgan fingerprint density at radius 1 is 1.33 bits per heavy atom. The van der Waals surface area contributed by atoms with Gasteiger partial charge in [0, 0.05) is 6.26 Å². The summed E-state index contributed by atoms with van der Waals surface area (Å²) in [7, 11) is -3.19. The molecule has 0 saturated heterocycles. The molecule has 0 heterocycles. The molecule has 0 N–H and O–H groups in total. The third-order valence-corrected chi connectivity index (χ3v) is 3.17. The minimum absolute atomic E-state index is 0.327. The third-order valence-electron chi connectivity index (χ3n) is 2.01. The molecule has 0 amide bonds. The van der Waals surface area contributed by atoms with E-state index in [0.717, 1.165) is 5.22 Å². The predicted molar refractivity (Wildman–Crippen MR) is 63.6 cm³/mol. The number of allylic oxidation sites excluding steroid dienone is 2. The molecule has 1 aromatic carbocycles. The largest absolute Gasteiger partial charge is 0.224 e. The molecule has 3 heteroatoms. The summed E-state index contributed by atoms with van der Waals surface area (Å²) in [6.45, 7) is 5.70. The Morgan fingerprint density at radius 3 is 2.53 bits per heavy atom. The molecule has 0 aliphatic heterocycles. The summed E-state index contributed by atoms with van der Waals surface area (Å²) < 4.78 is 23.0. The summed E-state index contributed by atoms with van der Waals surface area (Å²) >= 11 is 0. The second-order valence-corrected chi connectivity index (χ2v) is 5.28. The first-order valence-electron chi connectivity index (χ1n) is 4.58. The van der Waals surface area contributed by atoms with Gasteiger partial charge in [-0.1, -0.05) is 36.9 Å². The lowest BCUT2D eigenvalue weighted by molar-refractivity contribution is 0.601. The van der Waals surface area contributed by atoms with Crippen LogP contribution in [0.2, 0.25) is 0 Å². The van der Waals surface area contributed by atoms with Gasteiger partial charge in [0.05, 0.1) is 4.90 Å². The molecule has 1 rings (SSSR count). The van der Waals surface area contributed by atoms with Crippen LogP contribution in [-0.4, -0.2) is 14.7 Å². The molecule has 0 radical (unpaired) electrons. The lowest BCUT2D eigenvalue weighted by atomic mass is 10.2. The lowest BCUT2D eigenvalue weighted by Gasteiger charge is -1.99. The fourth-order valence-corrected chi connectivity index (χ4v) is 2.22. The van der Waals surface area contributed by atoms with Crippen LogP contribution in [0.5, 0.6) is 0 Å². The van der Waals surface area contributed by atoms with E-state index in [0.29, 0.717) is 10.1 Å². The van der Waals surface area contributed by atoms with Crippen molar-refractivity contribution < 1.29 is 8.42 Å². The van der Waals surface area contributed by atoms with Gasteiger partial charge in [-0.3, -0.25) is 0 Å². The lowest BCUT2D eigenvalue weighted by Crippen LogP contribution is -2.28. The van der Waals surface area contributed by atoms with Gasteiger partial charge in [0.15, 0.2) is 9.84 Å². The zero-order chi connectivity index (χ0) is 11.5. The SMILES string of the molecule is C=c1cccc(S(C)(=O)=O)/c1=C/C=C\C. The molecule has 0 saturated carbocycles. The molecule has 15 heavy (non-hydrogen) atoms. The summed E-state index contributed by atoms with van der Waals surface area (Å²) in [5, 5.41) is 1.38. The fourth-order valence-electron chi connectivity index (χ4n) is 1.29. The van der Waals surface area contributed by atoms with Gasteiger partial charge in [-0.05, 0) is 23.4 Å². The van der Waals surface area contributed by atoms with Crippen LogP contribution < -0.4 is 10.4 Å². The van der Waals surface area contributed by atoms with Crippen LogP contribution in [0.3, 0.4) is 0 Å². The second-order valence-electron chi connectivity index (χ2n) is 3.29. The molecule has 2 nitrogen and oxygen atoms in total. The zero-order valence-electron chi connectivity index (χ0n) is 8.90. The van der Waals surface area contributed by atoms with Gasteiger partial charge in [0.25, 0.3) is 0 Å². The molecule has 80 valence electrons. The molecule has 0 bridgehead atoms. The highest BCUT2D eigenvalue weighted by Gasteiger charge is 2.07. The zero-order valence-corrected chi connectivity index (χ0v) is 9.71. The van der Waals surface area contributed by atoms with E-state index in [9.17, 15) is 8.42 Å². The van der Waals surface area contributed by atoms with E-state index < -0.39 is 9.84 Å². The molecule has 0 aliphatic rings. The highest BCUT2D eigenvalue weighted by molar-refractivity contribution is 7.90. The Balaban J connectivity index is 3.70. The molecule has 0 fully saturated rings. The van der Waals surface area contributed by atoms with Crippen LogP contribution in [-0.2, 0) is 9.84 Å². The first-order valence-corrected chi connectivity index (χ1v) is 6.47. The number of hydrogen-bond donors (Lipinski definition) is 0.